The molecule has 0 amide bonds. The van der Waals surface area contributed by atoms with Crippen molar-refractivity contribution in [3.8, 4) is 34.3 Å². The molecule has 0 aliphatic rings. The van der Waals surface area contributed by atoms with Crippen LogP contribution in [0.25, 0.3) is 22.8 Å². The van der Waals surface area contributed by atoms with Crippen LogP contribution in [0.5, 0.6) is 11.5 Å². The third-order valence-electron chi connectivity index (χ3n) is 4.69. The largest absolute Gasteiger partial charge is 0.497 e. The summed E-state index contributed by atoms with van der Waals surface area (Å²) in [5.74, 6) is 1.70. The summed E-state index contributed by atoms with van der Waals surface area (Å²) in [4.78, 5) is 18.1. The third kappa shape index (κ3) is 4.45. The molecule has 1 aromatic heterocycles. The smallest absolute Gasteiger partial charge is 0.337 e. The minimum absolute atomic E-state index is 0.367. The second-order valence-electron chi connectivity index (χ2n) is 6.60. The number of carbonyl (C=O) groups is 1. The topological polar surface area (TPSA) is 83.7 Å². The summed E-state index contributed by atoms with van der Waals surface area (Å²) in [6.07, 6.45) is 0. The molecule has 0 fully saturated rings. The van der Waals surface area contributed by atoms with E-state index in [2.05, 4.69) is 10.1 Å². The molecular weight excluding hydrogens is 428 g/mol. The predicted molar refractivity (Wildman–Crippen MR) is 120 cm³/mol. The van der Waals surface area contributed by atoms with Crippen LogP contribution >= 0.6 is 11.8 Å². The van der Waals surface area contributed by atoms with E-state index in [-0.39, 0.29) is 5.97 Å². The zero-order valence-corrected chi connectivity index (χ0v) is 18.5. The fraction of sp³-hybridized carbons (Fsp3) is 0.125. The first kappa shape index (κ1) is 21.5. The predicted octanol–water partition coefficient (Wildman–Crippen LogP) is 5.36. The van der Waals surface area contributed by atoms with Gasteiger partial charge in [0.1, 0.15) is 11.5 Å². The molecule has 0 unspecified atom stereocenters. The second-order valence-corrected chi connectivity index (χ2v) is 7.72. The highest BCUT2D eigenvalue weighted by molar-refractivity contribution is 7.99. The lowest BCUT2D eigenvalue weighted by Gasteiger charge is -2.07. The number of benzene rings is 3. The number of rotatable bonds is 7. The summed E-state index contributed by atoms with van der Waals surface area (Å²) < 4.78 is 21.1. The molecule has 7 nitrogen and oxygen atoms in total. The van der Waals surface area contributed by atoms with E-state index in [0.717, 1.165) is 15.4 Å². The molecule has 0 saturated carbocycles. The van der Waals surface area contributed by atoms with Crippen LogP contribution in [-0.2, 0) is 4.74 Å². The molecule has 4 rings (SSSR count). The number of hydrogen-bond acceptors (Lipinski definition) is 8. The standard InChI is InChI=1S/C24H20N2O5S/c1-28-16-10-13-20(29-2)19(14-16)22-25-23(31-26-22)18-6-4-5-7-21(18)32-17-11-8-15(9-12-17)24(27)30-3/h4-14H,1-3H3. The maximum Gasteiger partial charge on any atom is 0.337 e. The molecule has 0 aliphatic carbocycles. The number of nitrogens with zero attached hydrogens (tertiary/aromatic N) is 2. The van der Waals surface area contributed by atoms with Gasteiger partial charge in [-0.15, -0.1) is 0 Å². The first-order valence-electron chi connectivity index (χ1n) is 9.64. The van der Waals surface area contributed by atoms with Crippen LogP contribution in [-0.4, -0.2) is 37.4 Å². The van der Waals surface area contributed by atoms with E-state index in [9.17, 15) is 4.79 Å². The van der Waals surface area contributed by atoms with Crippen LogP contribution in [0.3, 0.4) is 0 Å². The highest BCUT2D eigenvalue weighted by Gasteiger charge is 2.18. The summed E-state index contributed by atoms with van der Waals surface area (Å²) in [7, 11) is 4.54. The first-order valence-corrected chi connectivity index (χ1v) is 10.5. The summed E-state index contributed by atoms with van der Waals surface area (Å²) in [6, 6.07) is 20.4. The molecule has 0 aliphatic heterocycles. The average Bonchev–Trinajstić information content (AvgIpc) is 3.34. The van der Waals surface area contributed by atoms with Gasteiger partial charge in [-0.05, 0) is 54.6 Å². The highest BCUT2D eigenvalue weighted by Crippen LogP contribution is 2.37. The normalized spacial score (nSPS) is 10.6. The Labute approximate surface area is 189 Å². The van der Waals surface area contributed by atoms with Gasteiger partial charge in [-0.2, -0.15) is 4.98 Å². The fourth-order valence-corrected chi connectivity index (χ4v) is 4.01. The molecule has 0 bridgehead atoms. The quantitative estimate of drug-likeness (QED) is 0.350. The van der Waals surface area contributed by atoms with Crippen molar-refractivity contribution < 1.29 is 23.5 Å². The fourth-order valence-electron chi connectivity index (χ4n) is 3.07. The van der Waals surface area contributed by atoms with E-state index in [1.54, 1.807) is 44.6 Å². The number of aromatic nitrogens is 2. The molecule has 0 radical (unpaired) electrons. The van der Waals surface area contributed by atoms with Crippen molar-refractivity contribution in [1.82, 2.24) is 10.1 Å². The summed E-state index contributed by atoms with van der Waals surface area (Å²) in [5.41, 5.74) is 1.97. The molecule has 8 heteroatoms. The van der Waals surface area contributed by atoms with Gasteiger partial charge < -0.3 is 18.7 Å². The van der Waals surface area contributed by atoms with Gasteiger partial charge in [0.2, 0.25) is 5.82 Å². The number of methoxy groups -OCH3 is 3. The van der Waals surface area contributed by atoms with Crippen LogP contribution < -0.4 is 9.47 Å². The van der Waals surface area contributed by atoms with Gasteiger partial charge >= 0.3 is 5.97 Å². The monoisotopic (exact) mass is 448 g/mol. The number of esters is 1. The maximum absolute atomic E-state index is 11.7. The lowest BCUT2D eigenvalue weighted by Crippen LogP contribution is -2.00. The Hall–Kier alpha value is -3.78. The Morgan fingerprint density at radius 3 is 2.41 bits per heavy atom. The highest BCUT2D eigenvalue weighted by atomic mass is 32.2. The maximum atomic E-state index is 11.7. The van der Waals surface area contributed by atoms with Gasteiger partial charge in [-0.1, -0.05) is 29.1 Å². The van der Waals surface area contributed by atoms with Gasteiger partial charge in [0.25, 0.3) is 5.89 Å². The Morgan fingerprint density at radius 1 is 0.906 bits per heavy atom. The third-order valence-corrected chi connectivity index (χ3v) is 5.78. The zero-order valence-electron chi connectivity index (χ0n) is 17.7. The number of hydrogen-bond donors (Lipinski definition) is 0. The Kier molecular flexibility index (Phi) is 6.42. The molecule has 0 atom stereocenters. The van der Waals surface area contributed by atoms with E-state index in [1.165, 1.54) is 18.9 Å². The van der Waals surface area contributed by atoms with E-state index in [4.69, 9.17) is 18.7 Å². The van der Waals surface area contributed by atoms with Crippen molar-refractivity contribution in [1.29, 1.82) is 0 Å². The molecule has 162 valence electrons. The Bertz CT molecular complexity index is 1240. The minimum Gasteiger partial charge on any atom is -0.497 e. The number of carbonyl (C=O) groups excluding carboxylic acids is 1. The molecule has 32 heavy (non-hydrogen) atoms. The van der Waals surface area contributed by atoms with Gasteiger partial charge in [-0.3, -0.25) is 0 Å². The lowest BCUT2D eigenvalue weighted by atomic mass is 10.1. The minimum atomic E-state index is -0.367. The zero-order chi connectivity index (χ0) is 22.5. The van der Waals surface area contributed by atoms with Crippen molar-refractivity contribution in [3.63, 3.8) is 0 Å². The van der Waals surface area contributed by atoms with Crippen LogP contribution in [0, 0.1) is 0 Å². The molecule has 4 aromatic rings. The SMILES string of the molecule is COC(=O)c1ccc(Sc2ccccc2-c2nc(-c3cc(OC)ccc3OC)no2)cc1. The van der Waals surface area contributed by atoms with Crippen molar-refractivity contribution in [2.24, 2.45) is 0 Å². The summed E-state index contributed by atoms with van der Waals surface area (Å²) >= 11 is 1.53. The van der Waals surface area contributed by atoms with Crippen molar-refractivity contribution in [3.05, 3.63) is 72.3 Å². The van der Waals surface area contributed by atoms with E-state index >= 15 is 0 Å². The van der Waals surface area contributed by atoms with E-state index in [0.29, 0.717) is 34.3 Å². The number of ether oxygens (including phenoxy) is 3. The van der Waals surface area contributed by atoms with Crippen LogP contribution in [0.1, 0.15) is 10.4 Å². The van der Waals surface area contributed by atoms with E-state index in [1.807, 2.05) is 36.4 Å². The van der Waals surface area contributed by atoms with Crippen molar-refractivity contribution >= 4 is 17.7 Å². The van der Waals surface area contributed by atoms with Crippen molar-refractivity contribution in [2.45, 2.75) is 9.79 Å². The second kappa shape index (κ2) is 9.57. The molecule has 0 spiro atoms. The van der Waals surface area contributed by atoms with Gasteiger partial charge in [0, 0.05) is 9.79 Å². The van der Waals surface area contributed by atoms with Gasteiger partial charge in [0.05, 0.1) is 38.0 Å². The first-order chi connectivity index (χ1) is 15.6. The molecule has 3 aromatic carbocycles. The van der Waals surface area contributed by atoms with Gasteiger partial charge in [-0.25, -0.2) is 4.79 Å². The lowest BCUT2D eigenvalue weighted by molar-refractivity contribution is 0.0600. The summed E-state index contributed by atoms with van der Waals surface area (Å²) in [5, 5.41) is 4.15. The molecule has 0 saturated heterocycles. The van der Waals surface area contributed by atoms with Crippen LogP contribution in [0.2, 0.25) is 0 Å². The molecule has 0 N–H and O–H groups in total. The summed E-state index contributed by atoms with van der Waals surface area (Å²) in [6.45, 7) is 0. The Morgan fingerprint density at radius 2 is 1.69 bits per heavy atom. The van der Waals surface area contributed by atoms with Crippen LogP contribution in [0.15, 0.2) is 81.0 Å². The van der Waals surface area contributed by atoms with Crippen molar-refractivity contribution in [2.75, 3.05) is 21.3 Å². The van der Waals surface area contributed by atoms with E-state index < -0.39 is 0 Å². The van der Waals surface area contributed by atoms with Crippen LogP contribution in [0.4, 0.5) is 0 Å². The Balaban J connectivity index is 1.64. The average molecular weight is 449 g/mol. The molecular formula is C24H20N2O5S. The molecule has 1 heterocycles. The van der Waals surface area contributed by atoms with Gasteiger partial charge in [0.15, 0.2) is 0 Å².